The number of rotatable bonds is 7. The molecule has 2 heterocycles. The topological polar surface area (TPSA) is 70.0 Å². The molecule has 1 aliphatic heterocycles. The molecule has 168 valence electrons. The predicted molar refractivity (Wildman–Crippen MR) is 122 cm³/mol. The molecule has 8 heteroatoms. The molecule has 0 aliphatic carbocycles. The van der Waals surface area contributed by atoms with Crippen molar-refractivity contribution in [1.29, 1.82) is 0 Å². The van der Waals surface area contributed by atoms with E-state index in [1.54, 1.807) is 49.8 Å². The maximum Gasteiger partial charge on any atom is 0.319 e. The molecule has 32 heavy (non-hydrogen) atoms. The van der Waals surface area contributed by atoms with Gasteiger partial charge in [-0.1, -0.05) is 0 Å². The highest BCUT2D eigenvalue weighted by Crippen LogP contribution is 2.24. The van der Waals surface area contributed by atoms with Crippen molar-refractivity contribution < 1.29 is 18.3 Å². The highest BCUT2D eigenvalue weighted by atomic mass is 19.1. The minimum atomic E-state index is -0.281. The average Bonchev–Trinajstić information content (AvgIpc) is 3.35. The van der Waals surface area contributed by atoms with E-state index < -0.39 is 0 Å². The molecular weight excluding hydrogens is 411 g/mol. The Bertz CT molecular complexity index is 985. The Hall–Kier alpha value is -3.52. The average molecular weight is 439 g/mol. The van der Waals surface area contributed by atoms with Crippen LogP contribution in [0.3, 0.4) is 0 Å². The number of carbonyl (C=O) groups excluding carboxylic acids is 1. The van der Waals surface area contributed by atoms with Gasteiger partial charge in [-0.2, -0.15) is 0 Å². The molecule has 7 nitrogen and oxygen atoms in total. The van der Waals surface area contributed by atoms with Gasteiger partial charge in [0.05, 0.1) is 19.4 Å². The van der Waals surface area contributed by atoms with Gasteiger partial charge in [0.1, 0.15) is 17.3 Å². The third-order valence-electron chi connectivity index (χ3n) is 5.62. The van der Waals surface area contributed by atoms with E-state index in [0.29, 0.717) is 12.2 Å². The third-order valence-corrected chi connectivity index (χ3v) is 5.62. The lowest BCUT2D eigenvalue weighted by Gasteiger charge is -2.39. The van der Waals surface area contributed by atoms with Gasteiger partial charge in [0, 0.05) is 44.1 Å². The highest BCUT2D eigenvalue weighted by molar-refractivity contribution is 5.89. The summed E-state index contributed by atoms with van der Waals surface area (Å²) in [5.74, 6) is 1.31. The minimum absolute atomic E-state index is 0.0815. The van der Waals surface area contributed by atoms with Crippen LogP contribution < -0.4 is 20.3 Å². The SMILES string of the molecule is COc1ccc(NC(=O)NCC(c2ccco2)N2CCN(c3ccc(F)cc3)CC2)cc1. The lowest BCUT2D eigenvalue weighted by atomic mass is 10.1. The first-order valence-corrected chi connectivity index (χ1v) is 10.6. The molecule has 3 aromatic rings. The van der Waals surface area contributed by atoms with E-state index in [1.165, 1.54) is 12.1 Å². The van der Waals surface area contributed by atoms with Gasteiger partial charge in [-0.25, -0.2) is 9.18 Å². The molecular formula is C24H27FN4O3. The first-order chi connectivity index (χ1) is 15.6. The first-order valence-electron chi connectivity index (χ1n) is 10.6. The zero-order valence-corrected chi connectivity index (χ0v) is 18.0. The summed E-state index contributed by atoms with van der Waals surface area (Å²) in [4.78, 5) is 17.0. The van der Waals surface area contributed by atoms with Gasteiger partial charge in [-0.3, -0.25) is 4.90 Å². The number of furan rings is 1. The molecule has 1 aliphatic rings. The van der Waals surface area contributed by atoms with E-state index >= 15 is 0 Å². The van der Waals surface area contributed by atoms with Crippen LogP contribution in [0.25, 0.3) is 0 Å². The Kier molecular flexibility index (Phi) is 6.91. The summed E-state index contributed by atoms with van der Waals surface area (Å²) in [5.41, 5.74) is 1.70. The Morgan fingerprint density at radius 3 is 2.41 bits per heavy atom. The molecule has 1 fully saturated rings. The fraction of sp³-hybridized carbons (Fsp3) is 0.292. The van der Waals surface area contributed by atoms with Gasteiger partial charge < -0.3 is 24.7 Å². The van der Waals surface area contributed by atoms with Crippen molar-refractivity contribution in [2.24, 2.45) is 0 Å². The Balaban J connectivity index is 1.34. The first kappa shape index (κ1) is 21.7. The van der Waals surface area contributed by atoms with Crippen LogP contribution in [-0.2, 0) is 0 Å². The van der Waals surface area contributed by atoms with E-state index in [-0.39, 0.29) is 17.9 Å². The second-order valence-corrected chi connectivity index (χ2v) is 7.59. The van der Waals surface area contributed by atoms with Crippen LogP contribution in [0.5, 0.6) is 5.75 Å². The fourth-order valence-corrected chi connectivity index (χ4v) is 3.87. The monoisotopic (exact) mass is 438 g/mol. The number of anilines is 2. The van der Waals surface area contributed by atoms with Crippen molar-refractivity contribution in [2.75, 3.05) is 50.1 Å². The third kappa shape index (κ3) is 5.39. The summed E-state index contributed by atoms with van der Waals surface area (Å²) >= 11 is 0. The van der Waals surface area contributed by atoms with Crippen molar-refractivity contribution >= 4 is 17.4 Å². The molecule has 0 radical (unpaired) electrons. The summed E-state index contributed by atoms with van der Waals surface area (Å²) in [6, 6.07) is 17.2. The van der Waals surface area contributed by atoms with Crippen molar-refractivity contribution in [1.82, 2.24) is 10.2 Å². The molecule has 1 aromatic heterocycles. The molecule has 1 unspecified atom stereocenters. The van der Waals surface area contributed by atoms with Crippen LogP contribution in [0.1, 0.15) is 11.8 Å². The number of ether oxygens (including phenoxy) is 1. The number of nitrogens with zero attached hydrogens (tertiary/aromatic N) is 2. The molecule has 2 N–H and O–H groups in total. The van der Waals surface area contributed by atoms with Crippen LogP contribution in [0.15, 0.2) is 71.3 Å². The smallest absolute Gasteiger partial charge is 0.319 e. The number of hydrogen-bond donors (Lipinski definition) is 2. The lowest BCUT2D eigenvalue weighted by molar-refractivity contribution is 0.162. The second-order valence-electron chi connectivity index (χ2n) is 7.59. The molecule has 1 saturated heterocycles. The van der Waals surface area contributed by atoms with Crippen molar-refractivity contribution in [3.05, 3.63) is 78.5 Å². The predicted octanol–water partition coefficient (Wildman–Crippen LogP) is 4.11. The largest absolute Gasteiger partial charge is 0.497 e. The Morgan fingerprint density at radius 2 is 1.78 bits per heavy atom. The number of urea groups is 1. The van der Waals surface area contributed by atoms with Crippen LogP contribution in [0, 0.1) is 5.82 Å². The summed E-state index contributed by atoms with van der Waals surface area (Å²) in [5, 5.41) is 5.79. The highest BCUT2D eigenvalue weighted by Gasteiger charge is 2.27. The van der Waals surface area contributed by atoms with Gasteiger partial charge in [-0.05, 0) is 60.7 Å². The van der Waals surface area contributed by atoms with Gasteiger partial charge in [0.25, 0.3) is 0 Å². The second kappa shape index (κ2) is 10.2. The van der Waals surface area contributed by atoms with Crippen molar-refractivity contribution in [3.63, 3.8) is 0 Å². The van der Waals surface area contributed by atoms with Crippen LogP contribution >= 0.6 is 0 Å². The number of carbonyl (C=O) groups is 1. The molecule has 4 rings (SSSR count). The molecule has 0 spiro atoms. The van der Waals surface area contributed by atoms with Crippen LogP contribution in [0.2, 0.25) is 0 Å². The summed E-state index contributed by atoms with van der Waals surface area (Å²) in [7, 11) is 1.60. The van der Waals surface area contributed by atoms with E-state index in [0.717, 1.165) is 43.4 Å². The zero-order valence-electron chi connectivity index (χ0n) is 18.0. The summed E-state index contributed by atoms with van der Waals surface area (Å²) in [6.45, 7) is 3.61. The maximum atomic E-state index is 13.2. The number of piperazine rings is 1. The lowest BCUT2D eigenvalue weighted by Crippen LogP contribution is -2.50. The Morgan fingerprint density at radius 1 is 1.06 bits per heavy atom. The normalized spacial score (nSPS) is 15.2. The van der Waals surface area contributed by atoms with E-state index in [1.807, 2.05) is 12.1 Å². The number of amides is 2. The number of hydrogen-bond acceptors (Lipinski definition) is 5. The summed E-state index contributed by atoms with van der Waals surface area (Å²) < 4.78 is 24.0. The number of benzene rings is 2. The van der Waals surface area contributed by atoms with Crippen molar-refractivity contribution in [2.45, 2.75) is 6.04 Å². The molecule has 2 aromatic carbocycles. The van der Waals surface area contributed by atoms with Crippen LogP contribution in [-0.4, -0.2) is 50.8 Å². The summed E-state index contributed by atoms with van der Waals surface area (Å²) in [6.07, 6.45) is 1.65. The van der Waals surface area contributed by atoms with Gasteiger partial charge in [-0.15, -0.1) is 0 Å². The van der Waals surface area contributed by atoms with Crippen molar-refractivity contribution in [3.8, 4) is 5.75 Å². The fourth-order valence-electron chi connectivity index (χ4n) is 3.87. The molecule has 1 atom stereocenters. The zero-order chi connectivity index (χ0) is 22.3. The van der Waals surface area contributed by atoms with Gasteiger partial charge in [0.15, 0.2) is 0 Å². The quantitative estimate of drug-likeness (QED) is 0.581. The van der Waals surface area contributed by atoms with Gasteiger partial charge >= 0.3 is 6.03 Å². The number of halogens is 1. The van der Waals surface area contributed by atoms with E-state index in [4.69, 9.17) is 9.15 Å². The van der Waals surface area contributed by atoms with Gasteiger partial charge in [0.2, 0.25) is 0 Å². The van der Waals surface area contributed by atoms with E-state index in [9.17, 15) is 9.18 Å². The van der Waals surface area contributed by atoms with E-state index in [2.05, 4.69) is 20.4 Å². The number of nitrogens with one attached hydrogen (secondary N) is 2. The maximum absolute atomic E-state index is 13.2. The standard InChI is InChI=1S/C24H27FN4O3/c1-31-21-10-6-19(7-11-21)27-24(30)26-17-22(23-3-2-16-32-23)29-14-12-28(13-15-29)20-8-4-18(25)5-9-20/h2-11,16,22H,12-15,17H2,1H3,(H2,26,27,30). The number of methoxy groups -OCH3 is 1. The molecule has 2 amide bonds. The molecule has 0 saturated carbocycles. The minimum Gasteiger partial charge on any atom is -0.497 e. The Labute approximate surface area is 186 Å². The molecule has 0 bridgehead atoms. The van der Waals surface area contributed by atoms with Crippen LogP contribution in [0.4, 0.5) is 20.6 Å².